The van der Waals surface area contributed by atoms with Crippen molar-refractivity contribution >= 4 is 21.5 Å². The molecule has 0 aliphatic carbocycles. The Morgan fingerprint density at radius 3 is 2.58 bits per heavy atom. The van der Waals surface area contributed by atoms with Crippen LogP contribution < -0.4 is 4.72 Å². The van der Waals surface area contributed by atoms with Gasteiger partial charge in [-0.1, -0.05) is 19.8 Å². The maximum absolute atomic E-state index is 12.4. The Kier molecular flexibility index (Phi) is 5.32. The molecule has 19 heavy (non-hydrogen) atoms. The predicted molar refractivity (Wildman–Crippen MR) is 77.2 cm³/mol. The lowest BCUT2D eigenvalue weighted by Crippen LogP contribution is -2.42. The lowest BCUT2D eigenvalue weighted by Gasteiger charge is -2.23. The SMILES string of the molecule is CC[C@H](NS(=O)(=O)N1CCCCCC1)c1nccs1. The molecule has 7 heteroatoms. The standard InChI is InChI=1S/C12H21N3O2S2/c1-2-11(12-13-7-10-18-12)14-19(16,17)15-8-5-3-4-6-9-15/h7,10-11,14H,2-6,8-9H2,1H3/t11-/m0/s1. The fourth-order valence-electron chi connectivity index (χ4n) is 2.25. The lowest BCUT2D eigenvalue weighted by atomic mass is 10.2. The van der Waals surface area contributed by atoms with Crippen LogP contribution in [-0.2, 0) is 10.2 Å². The van der Waals surface area contributed by atoms with E-state index in [-0.39, 0.29) is 6.04 Å². The van der Waals surface area contributed by atoms with E-state index in [0.717, 1.165) is 30.7 Å². The van der Waals surface area contributed by atoms with E-state index in [1.807, 2.05) is 12.3 Å². The lowest BCUT2D eigenvalue weighted by molar-refractivity contribution is 0.406. The fraction of sp³-hybridized carbons (Fsp3) is 0.750. The van der Waals surface area contributed by atoms with Crippen LogP contribution in [0.3, 0.4) is 0 Å². The fourth-order valence-corrected chi connectivity index (χ4v) is 4.62. The van der Waals surface area contributed by atoms with Crippen molar-refractivity contribution in [3.8, 4) is 0 Å². The highest BCUT2D eigenvalue weighted by Crippen LogP contribution is 2.21. The second-order valence-corrected chi connectivity index (χ2v) is 7.40. The number of aromatic nitrogens is 1. The van der Waals surface area contributed by atoms with Gasteiger partial charge in [0.25, 0.3) is 10.2 Å². The summed E-state index contributed by atoms with van der Waals surface area (Å²) in [5.41, 5.74) is 0. The maximum Gasteiger partial charge on any atom is 0.280 e. The highest BCUT2D eigenvalue weighted by molar-refractivity contribution is 7.87. The molecule has 0 saturated carbocycles. The quantitative estimate of drug-likeness (QED) is 0.908. The van der Waals surface area contributed by atoms with Gasteiger partial charge >= 0.3 is 0 Å². The van der Waals surface area contributed by atoms with Gasteiger partial charge in [-0.15, -0.1) is 11.3 Å². The molecule has 0 bridgehead atoms. The molecule has 0 aromatic carbocycles. The first-order valence-electron chi connectivity index (χ1n) is 6.80. The topological polar surface area (TPSA) is 62.3 Å². The normalized spacial score (nSPS) is 20.1. The molecular formula is C12H21N3O2S2. The van der Waals surface area contributed by atoms with Crippen molar-refractivity contribution in [3.63, 3.8) is 0 Å². The minimum atomic E-state index is -3.39. The molecule has 0 unspecified atom stereocenters. The maximum atomic E-state index is 12.4. The van der Waals surface area contributed by atoms with Crippen LogP contribution in [0.4, 0.5) is 0 Å². The second-order valence-electron chi connectivity index (χ2n) is 4.77. The number of hydrogen-bond donors (Lipinski definition) is 1. The van der Waals surface area contributed by atoms with Gasteiger partial charge < -0.3 is 0 Å². The molecule has 0 amide bonds. The van der Waals surface area contributed by atoms with Crippen molar-refractivity contribution in [2.75, 3.05) is 13.1 Å². The molecule has 1 aliphatic rings. The van der Waals surface area contributed by atoms with E-state index in [4.69, 9.17) is 0 Å². The third kappa shape index (κ3) is 3.98. The van der Waals surface area contributed by atoms with Crippen molar-refractivity contribution in [3.05, 3.63) is 16.6 Å². The first kappa shape index (κ1) is 14.9. The predicted octanol–water partition coefficient (Wildman–Crippen LogP) is 2.30. The van der Waals surface area contributed by atoms with Crippen molar-refractivity contribution in [1.82, 2.24) is 14.0 Å². The summed E-state index contributed by atoms with van der Waals surface area (Å²) in [6.45, 7) is 3.23. The monoisotopic (exact) mass is 303 g/mol. The summed E-state index contributed by atoms with van der Waals surface area (Å²) in [7, 11) is -3.39. The number of thiazole rings is 1. The molecule has 1 aromatic heterocycles. The van der Waals surface area contributed by atoms with E-state index < -0.39 is 10.2 Å². The molecule has 1 N–H and O–H groups in total. The minimum Gasteiger partial charge on any atom is -0.248 e. The van der Waals surface area contributed by atoms with Crippen molar-refractivity contribution in [1.29, 1.82) is 0 Å². The van der Waals surface area contributed by atoms with Crippen LogP contribution >= 0.6 is 11.3 Å². The minimum absolute atomic E-state index is 0.215. The first-order valence-corrected chi connectivity index (χ1v) is 9.12. The molecule has 2 heterocycles. The summed E-state index contributed by atoms with van der Waals surface area (Å²) in [4.78, 5) is 4.21. The van der Waals surface area contributed by atoms with Crippen molar-refractivity contribution in [2.45, 2.75) is 45.1 Å². The Labute approximate surface area is 119 Å². The second kappa shape index (κ2) is 6.78. The summed E-state index contributed by atoms with van der Waals surface area (Å²) >= 11 is 1.49. The number of nitrogens with one attached hydrogen (secondary N) is 1. The average molecular weight is 303 g/mol. The summed E-state index contributed by atoms with van der Waals surface area (Å²) in [5.74, 6) is 0. The van der Waals surface area contributed by atoms with Crippen LogP contribution in [0, 0.1) is 0 Å². The van der Waals surface area contributed by atoms with Gasteiger partial charge in [-0.05, 0) is 19.3 Å². The average Bonchev–Trinajstić information content (AvgIpc) is 2.77. The van der Waals surface area contributed by atoms with Gasteiger partial charge in [0.15, 0.2) is 0 Å². The molecule has 1 saturated heterocycles. The van der Waals surface area contributed by atoms with Crippen molar-refractivity contribution in [2.24, 2.45) is 0 Å². The van der Waals surface area contributed by atoms with Crippen LogP contribution in [0.25, 0.3) is 0 Å². The highest BCUT2D eigenvalue weighted by atomic mass is 32.2. The van der Waals surface area contributed by atoms with Crippen LogP contribution in [0.2, 0.25) is 0 Å². The summed E-state index contributed by atoms with van der Waals surface area (Å²) in [5, 5.41) is 2.71. The molecule has 1 aliphatic heterocycles. The van der Waals surface area contributed by atoms with Gasteiger partial charge in [0.1, 0.15) is 5.01 Å². The highest BCUT2D eigenvalue weighted by Gasteiger charge is 2.26. The van der Waals surface area contributed by atoms with E-state index >= 15 is 0 Å². The summed E-state index contributed by atoms with van der Waals surface area (Å²) in [6, 6.07) is -0.215. The molecular weight excluding hydrogens is 282 g/mol. The summed E-state index contributed by atoms with van der Waals surface area (Å²) < 4.78 is 29.2. The third-order valence-electron chi connectivity index (χ3n) is 3.35. The van der Waals surface area contributed by atoms with Crippen LogP contribution in [0.1, 0.15) is 50.1 Å². The molecule has 1 fully saturated rings. The molecule has 1 atom stereocenters. The van der Waals surface area contributed by atoms with E-state index in [1.54, 1.807) is 10.5 Å². The van der Waals surface area contributed by atoms with Gasteiger partial charge in [-0.3, -0.25) is 0 Å². The van der Waals surface area contributed by atoms with Crippen LogP contribution in [0.5, 0.6) is 0 Å². The number of hydrogen-bond acceptors (Lipinski definition) is 4. The van der Waals surface area contributed by atoms with E-state index in [9.17, 15) is 8.42 Å². The Morgan fingerprint density at radius 1 is 1.37 bits per heavy atom. The van der Waals surface area contributed by atoms with Crippen molar-refractivity contribution < 1.29 is 8.42 Å². The molecule has 0 radical (unpaired) electrons. The Balaban J connectivity index is 2.06. The third-order valence-corrected chi connectivity index (χ3v) is 5.87. The van der Waals surface area contributed by atoms with Gasteiger partial charge in [0, 0.05) is 24.7 Å². The molecule has 0 spiro atoms. The Hall–Kier alpha value is -0.500. The zero-order valence-electron chi connectivity index (χ0n) is 11.2. The number of rotatable bonds is 5. The molecule has 5 nitrogen and oxygen atoms in total. The van der Waals surface area contributed by atoms with Gasteiger partial charge in [-0.2, -0.15) is 17.4 Å². The molecule has 1 aromatic rings. The Morgan fingerprint density at radius 2 is 2.05 bits per heavy atom. The smallest absolute Gasteiger partial charge is 0.248 e. The van der Waals surface area contributed by atoms with Crippen LogP contribution in [0.15, 0.2) is 11.6 Å². The zero-order valence-corrected chi connectivity index (χ0v) is 12.8. The molecule has 108 valence electrons. The van der Waals surface area contributed by atoms with Gasteiger partial charge in [0.2, 0.25) is 0 Å². The van der Waals surface area contributed by atoms with Gasteiger partial charge in [0.05, 0.1) is 6.04 Å². The largest absolute Gasteiger partial charge is 0.280 e. The summed E-state index contributed by atoms with van der Waals surface area (Å²) in [6.07, 6.45) is 6.57. The zero-order chi connectivity index (χ0) is 13.7. The van der Waals surface area contributed by atoms with E-state index in [2.05, 4.69) is 9.71 Å². The van der Waals surface area contributed by atoms with Gasteiger partial charge in [-0.25, -0.2) is 4.98 Å². The van der Waals surface area contributed by atoms with Crippen LogP contribution in [-0.4, -0.2) is 30.8 Å². The van der Waals surface area contributed by atoms with E-state index in [1.165, 1.54) is 11.3 Å². The molecule has 2 rings (SSSR count). The Bertz CT molecular complexity index is 465. The van der Waals surface area contributed by atoms with E-state index in [0.29, 0.717) is 19.5 Å². The first-order chi connectivity index (χ1) is 9.13. The number of nitrogens with zero attached hydrogens (tertiary/aromatic N) is 2.